The number of rotatable bonds is 10. The summed E-state index contributed by atoms with van der Waals surface area (Å²) in [4.78, 5) is 28.0. The van der Waals surface area contributed by atoms with Crippen LogP contribution in [0.3, 0.4) is 0 Å². The molecule has 0 saturated heterocycles. The summed E-state index contributed by atoms with van der Waals surface area (Å²) >= 11 is 0. The second kappa shape index (κ2) is 9.76. The van der Waals surface area contributed by atoms with Gasteiger partial charge in [0.05, 0.1) is 12.6 Å². The molecule has 0 amide bonds. The number of aryl methyl sites for hydroxylation is 2. The third kappa shape index (κ3) is 4.82. The number of Topliss-reactive ketones (excluding diaryl/α,β-unsaturated/α-hetero) is 1. The van der Waals surface area contributed by atoms with Crippen molar-refractivity contribution in [3.05, 3.63) is 59.0 Å². The van der Waals surface area contributed by atoms with Crippen molar-refractivity contribution < 1.29 is 19.1 Å². The fourth-order valence-electron chi connectivity index (χ4n) is 4.11. The molecule has 0 bridgehead atoms. The van der Waals surface area contributed by atoms with Crippen LogP contribution in [-0.4, -0.2) is 41.6 Å². The topological polar surface area (TPSA) is 73.3 Å². The fourth-order valence-corrected chi connectivity index (χ4v) is 4.11. The van der Waals surface area contributed by atoms with Crippen molar-refractivity contribution in [2.75, 3.05) is 20.3 Å². The second-order valence-electron chi connectivity index (χ2n) is 7.76. The summed E-state index contributed by atoms with van der Waals surface area (Å²) in [5, 5.41) is 1.18. The second-order valence-corrected chi connectivity index (χ2v) is 7.76. The number of H-pyrrole nitrogens is 1. The van der Waals surface area contributed by atoms with E-state index in [-0.39, 0.29) is 30.8 Å². The Bertz CT molecular complexity index is 1030. The lowest BCUT2D eigenvalue weighted by molar-refractivity contribution is -0.142. The minimum atomic E-state index is -0.343. The van der Waals surface area contributed by atoms with Gasteiger partial charge in [0.25, 0.3) is 0 Å². The van der Waals surface area contributed by atoms with Gasteiger partial charge < -0.3 is 19.0 Å². The molecular weight excluding hydrogens is 380 g/mol. The Kier molecular flexibility index (Phi) is 7.11. The zero-order valence-corrected chi connectivity index (χ0v) is 18.2. The number of aromatic nitrogens is 2. The summed E-state index contributed by atoms with van der Waals surface area (Å²) in [6.07, 6.45) is 3.74. The van der Waals surface area contributed by atoms with Crippen LogP contribution in [0, 0.1) is 13.8 Å². The zero-order valence-electron chi connectivity index (χ0n) is 18.2. The highest BCUT2D eigenvalue weighted by Crippen LogP contribution is 2.22. The maximum absolute atomic E-state index is 12.6. The number of benzene rings is 1. The van der Waals surface area contributed by atoms with Gasteiger partial charge in [0.15, 0.2) is 6.61 Å². The van der Waals surface area contributed by atoms with E-state index < -0.39 is 0 Å². The molecule has 2 aromatic heterocycles. The predicted molar refractivity (Wildman–Crippen MR) is 117 cm³/mol. The number of para-hydroxylation sites is 1. The van der Waals surface area contributed by atoms with E-state index in [1.165, 1.54) is 10.9 Å². The van der Waals surface area contributed by atoms with E-state index in [2.05, 4.69) is 15.6 Å². The smallest absolute Gasteiger partial charge is 0.306 e. The number of nitrogens with one attached hydrogen (secondary N) is 1. The van der Waals surface area contributed by atoms with Gasteiger partial charge in [0, 0.05) is 47.6 Å². The first kappa shape index (κ1) is 21.8. The molecule has 6 heteroatoms. The quantitative estimate of drug-likeness (QED) is 0.393. The summed E-state index contributed by atoms with van der Waals surface area (Å²) in [6.45, 7) is 6.26. The molecule has 0 unspecified atom stereocenters. The molecule has 2 heterocycles. The number of ether oxygens (including phenoxy) is 2. The van der Waals surface area contributed by atoms with E-state index in [0.717, 1.165) is 23.3 Å². The number of aromatic amines is 1. The Balaban J connectivity index is 1.50. The summed E-state index contributed by atoms with van der Waals surface area (Å²) in [5.41, 5.74) is 4.75. The highest BCUT2D eigenvalue weighted by molar-refractivity contribution is 5.99. The molecule has 3 rings (SSSR count). The Labute approximate surface area is 177 Å². The van der Waals surface area contributed by atoms with Crippen molar-refractivity contribution in [3.63, 3.8) is 0 Å². The molecule has 0 saturated carbocycles. The van der Waals surface area contributed by atoms with Gasteiger partial charge >= 0.3 is 5.97 Å². The molecule has 0 fully saturated rings. The van der Waals surface area contributed by atoms with Gasteiger partial charge in [-0.1, -0.05) is 18.2 Å². The maximum atomic E-state index is 12.6. The average Bonchev–Trinajstić information content (AvgIpc) is 3.27. The molecule has 0 aliphatic heterocycles. The van der Waals surface area contributed by atoms with Crippen molar-refractivity contribution in [1.82, 2.24) is 9.55 Å². The van der Waals surface area contributed by atoms with E-state index in [1.54, 1.807) is 7.11 Å². The average molecular weight is 411 g/mol. The maximum Gasteiger partial charge on any atom is 0.306 e. The van der Waals surface area contributed by atoms with Gasteiger partial charge in [-0.15, -0.1) is 0 Å². The SMILES string of the molecule is COC[C@H](C)n1c(C)cc(C(=O)COC(=O)CCCc2c[nH]c3ccccc23)c1C. The highest BCUT2D eigenvalue weighted by atomic mass is 16.5. The molecular formula is C24H30N2O4. The van der Waals surface area contributed by atoms with Crippen LogP contribution in [0.1, 0.15) is 53.1 Å². The first-order valence-electron chi connectivity index (χ1n) is 10.3. The minimum absolute atomic E-state index is 0.128. The molecule has 1 N–H and O–H groups in total. The highest BCUT2D eigenvalue weighted by Gasteiger charge is 2.20. The Hall–Kier alpha value is -2.86. The molecule has 160 valence electrons. The first-order valence-corrected chi connectivity index (χ1v) is 10.3. The fraction of sp³-hybridized carbons (Fsp3) is 0.417. The number of fused-ring (bicyclic) bond motifs is 1. The van der Waals surface area contributed by atoms with E-state index >= 15 is 0 Å². The van der Waals surface area contributed by atoms with Crippen LogP contribution < -0.4 is 0 Å². The number of hydrogen-bond donors (Lipinski definition) is 1. The van der Waals surface area contributed by atoms with Crippen molar-refractivity contribution >= 4 is 22.7 Å². The molecule has 3 aromatic rings. The third-order valence-corrected chi connectivity index (χ3v) is 5.50. The van der Waals surface area contributed by atoms with Crippen molar-refractivity contribution in [1.29, 1.82) is 0 Å². The van der Waals surface area contributed by atoms with Crippen molar-refractivity contribution in [3.8, 4) is 0 Å². The lowest BCUT2D eigenvalue weighted by Gasteiger charge is -2.17. The van der Waals surface area contributed by atoms with E-state index in [9.17, 15) is 9.59 Å². The molecule has 0 aliphatic rings. The number of carbonyl (C=O) groups is 2. The van der Waals surface area contributed by atoms with Crippen LogP contribution in [0.25, 0.3) is 10.9 Å². The van der Waals surface area contributed by atoms with Crippen LogP contribution in [0.4, 0.5) is 0 Å². The number of ketones is 1. The lowest BCUT2D eigenvalue weighted by Crippen LogP contribution is -2.17. The van der Waals surface area contributed by atoms with Gasteiger partial charge in [-0.2, -0.15) is 0 Å². The molecule has 6 nitrogen and oxygen atoms in total. The number of carbonyl (C=O) groups excluding carboxylic acids is 2. The van der Waals surface area contributed by atoms with Crippen LogP contribution in [-0.2, 0) is 20.7 Å². The van der Waals surface area contributed by atoms with Crippen LogP contribution in [0.5, 0.6) is 0 Å². The molecule has 30 heavy (non-hydrogen) atoms. The van der Waals surface area contributed by atoms with Crippen LogP contribution in [0.15, 0.2) is 36.5 Å². The normalized spacial score (nSPS) is 12.3. The van der Waals surface area contributed by atoms with Crippen molar-refractivity contribution in [2.24, 2.45) is 0 Å². The minimum Gasteiger partial charge on any atom is -0.457 e. The summed E-state index contributed by atoms with van der Waals surface area (Å²) in [7, 11) is 1.66. The van der Waals surface area contributed by atoms with E-state index in [1.807, 2.05) is 51.2 Å². The Morgan fingerprint density at radius 3 is 2.73 bits per heavy atom. The standard InChI is InChI=1S/C24H30N2O4/c1-16-12-21(18(3)26(16)17(2)14-29-4)23(27)15-30-24(28)11-7-8-19-13-25-22-10-6-5-9-20(19)22/h5-6,9-10,12-13,17,25H,7-8,11,14-15H2,1-4H3/t17-/m0/s1. The monoisotopic (exact) mass is 410 g/mol. The number of methoxy groups -OCH3 is 1. The Morgan fingerprint density at radius 1 is 1.20 bits per heavy atom. The zero-order chi connectivity index (χ0) is 21.7. The van der Waals surface area contributed by atoms with Gasteiger partial charge in [0.1, 0.15) is 0 Å². The lowest BCUT2D eigenvalue weighted by atomic mass is 10.1. The van der Waals surface area contributed by atoms with Gasteiger partial charge in [-0.05, 0) is 51.3 Å². The van der Waals surface area contributed by atoms with Crippen LogP contribution >= 0.6 is 0 Å². The summed E-state index contributed by atoms with van der Waals surface area (Å²) in [6, 6.07) is 10.1. The summed E-state index contributed by atoms with van der Waals surface area (Å²) in [5.74, 6) is -0.520. The van der Waals surface area contributed by atoms with Crippen LogP contribution in [0.2, 0.25) is 0 Å². The first-order chi connectivity index (χ1) is 14.4. The molecule has 1 atom stereocenters. The predicted octanol–water partition coefficient (Wildman–Crippen LogP) is 4.54. The number of nitrogens with zero attached hydrogens (tertiary/aromatic N) is 1. The number of esters is 1. The Morgan fingerprint density at radius 2 is 1.97 bits per heavy atom. The van der Waals surface area contributed by atoms with Gasteiger partial charge in [-0.25, -0.2) is 0 Å². The van der Waals surface area contributed by atoms with Crippen molar-refractivity contribution in [2.45, 2.75) is 46.1 Å². The van der Waals surface area contributed by atoms with E-state index in [0.29, 0.717) is 18.6 Å². The molecule has 1 aromatic carbocycles. The van der Waals surface area contributed by atoms with Gasteiger partial charge in [-0.3, -0.25) is 9.59 Å². The van der Waals surface area contributed by atoms with Gasteiger partial charge in [0.2, 0.25) is 5.78 Å². The largest absolute Gasteiger partial charge is 0.457 e. The van der Waals surface area contributed by atoms with E-state index in [4.69, 9.17) is 9.47 Å². The third-order valence-electron chi connectivity index (χ3n) is 5.50. The molecule has 0 aliphatic carbocycles. The molecule has 0 spiro atoms. The summed E-state index contributed by atoms with van der Waals surface area (Å²) < 4.78 is 12.6. The number of hydrogen-bond acceptors (Lipinski definition) is 4. The molecule has 0 radical (unpaired) electrons.